The van der Waals surface area contributed by atoms with Gasteiger partial charge in [-0.1, -0.05) is 18.5 Å². The Hall–Kier alpha value is -1.45. The van der Waals surface area contributed by atoms with Crippen LogP contribution in [0, 0.1) is 0 Å². The number of nitrogens with one attached hydrogen (secondary N) is 1. The molecule has 2 rings (SSSR count). The van der Waals surface area contributed by atoms with Crippen LogP contribution in [0.3, 0.4) is 0 Å². The van der Waals surface area contributed by atoms with Crippen LogP contribution >= 0.6 is 11.6 Å². The highest BCUT2D eigenvalue weighted by Gasteiger charge is 2.46. The SMILES string of the molecule is CC/C(=C\N(C)C)C1(OCc2cc([S+]([O-])CCOCCNC(=O)OC(C)(C)C)ccc2Cl)CC1. The molecular weight excluding hydrogens is 476 g/mol. The highest BCUT2D eigenvalue weighted by atomic mass is 35.5. The minimum atomic E-state index is -1.23. The second-order valence-corrected chi connectivity index (χ2v) is 11.6. The van der Waals surface area contributed by atoms with E-state index in [1.165, 1.54) is 5.57 Å². The average molecular weight is 515 g/mol. The molecule has 0 bridgehead atoms. The zero-order valence-electron chi connectivity index (χ0n) is 21.2. The first-order chi connectivity index (χ1) is 16.0. The standard InChI is InChI=1S/C25H39ClN2O5S/c1-7-20(17-28(5)6)25(10-11-25)32-18-19-16-21(8-9-22(19)26)34(30)15-14-31-13-12-27-23(29)33-24(2,3)4/h8-9,16-17H,7,10-15,18H2,1-6H3,(H,27,29)/b20-17+. The summed E-state index contributed by atoms with van der Waals surface area (Å²) in [5.74, 6) is 0.351. The van der Waals surface area contributed by atoms with Gasteiger partial charge < -0.3 is 29.0 Å². The summed E-state index contributed by atoms with van der Waals surface area (Å²) in [5, 5.41) is 3.24. The van der Waals surface area contributed by atoms with E-state index in [0.29, 0.717) is 42.0 Å². The highest BCUT2D eigenvalue weighted by Crippen LogP contribution is 2.48. The van der Waals surface area contributed by atoms with Gasteiger partial charge in [0.2, 0.25) is 0 Å². The molecule has 0 aliphatic heterocycles. The molecule has 34 heavy (non-hydrogen) atoms. The lowest BCUT2D eigenvalue weighted by Crippen LogP contribution is -2.34. The Morgan fingerprint density at radius 2 is 2.00 bits per heavy atom. The number of alkyl carbamates (subject to hydrolysis) is 1. The largest absolute Gasteiger partial charge is 0.611 e. The fourth-order valence-corrected chi connectivity index (χ4v) is 4.60. The minimum absolute atomic E-state index is 0.210. The molecule has 9 heteroatoms. The van der Waals surface area contributed by atoms with Crippen molar-refractivity contribution in [3.63, 3.8) is 0 Å². The molecule has 1 aliphatic carbocycles. The zero-order valence-corrected chi connectivity index (χ0v) is 22.8. The Bertz CT molecular complexity index is 837. The van der Waals surface area contributed by atoms with Crippen molar-refractivity contribution < 1.29 is 23.6 Å². The van der Waals surface area contributed by atoms with E-state index in [0.717, 1.165) is 24.8 Å². The molecule has 0 saturated heterocycles. The summed E-state index contributed by atoms with van der Waals surface area (Å²) >= 11 is 5.18. The number of nitrogens with zero attached hydrogens (tertiary/aromatic N) is 1. The van der Waals surface area contributed by atoms with Gasteiger partial charge in [-0.3, -0.25) is 0 Å². The van der Waals surface area contributed by atoms with Gasteiger partial charge in [0.1, 0.15) is 11.4 Å². The molecular formula is C25H39ClN2O5S. The summed E-state index contributed by atoms with van der Waals surface area (Å²) in [5.41, 5.74) is 1.37. The number of amides is 1. The van der Waals surface area contributed by atoms with Gasteiger partial charge >= 0.3 is 6.09 Å². The first kappa shape index (κ1) is 28.8. The second-order valence-electron chi connectivity index (χ2n) is 9.60. The Morgan fingerprint density at radius 3 is 2.59 bits per heavy atom. The number of carbonyl (C=O) groups is 1. The molecule has 1 aliphatic rings. The van der Waals surface area contributed by atoms with Crippen molar-refractivity contribution in [3.8, 4) is 0 Å². The molecule has 1 N–H and O–H groups in total. The highest BCUT2D eigenvalue weighted by molar-refractivity contribution is 7.91. The molecule has 1 amide bonds. The van der Waals surface area contributed by atoms with Crippen LogP contribution in [-0.2, 0) is 32.0 Å². The van der Waals surface area contributed by atoms with E-state index in [1.54, 1.807) is 32.9 Å². The van der Waals surface area contributed by atoms with Crippen LogP contribution in [-0.4, -0.2) is 66.4 Å². The summed E-state index contributed by atoms with van der Waals surface area (Å²) in [7, 11) is 4.03. The van der Waals surface area contributed by atoms with Crippen molar-refractivity contribution in [2.75, 3.05) is 39.6 Å². The van der Waals surface area contributed by atoms with Crippen LogP contribution in [0.15, 0.2) is 34.9 Å². The molecule has 1 saturated carbocycles. The fourth-order valence-electron chi connectivity index (χ4n) is 3.43. The van der Waals surface area contributed by atoms with Gasteiger partial charge in [-0.25, -0.2) is 4.79 Å². The van der Waals surface area contributed by atoms with Crippen molar-refractivity contribution >= 4 is 28.9 Å². The molecule has 0 aromatic heterocycles. The molecule has 0 radical (unpaired) electrons. The van der Waals surface area contributed by atoms with Crippen LogP contribution in [0.1, 0.15) is 52.5 Å². The van der Waals surface area contributed by atoms with Crippen LogP contribution < -0.4 is 5.32 Å². The minimum Gasteiger partial charge on any atom is -0.611 e. The van der Waals surface area contributed by atoms with Gasteiger partial charge in [0, 0.05) is 43.5 Å². The zero-order chi connectivity index (χ0) is 25.4. The van der Waals surface area contributed by atoms with Crippen LogP contribution in [0.25, 0.3) is 0 Å². The van der Waals surface area contributed by atoms with Crippen LogP contribution in [0.4, 0.5) is 4.79 Å². The molecule has 1 aromatic carbocycles. The van der Waals surface area contributed by atoms with Gasteiger partial charge in [-0.2, -0.15) is 0 Å². The van der Waals surface area contributed by atoms with E-state index >= 15 is 0 Å². The molecule has 1 unspecified atom stereocenters. The smallest absolute Gasteiger partial charge is 0.407 e. The van der Waals surface area contributed by atoms with E-state index in [2.05, 4.69) is 23.3 Å². The fraction of sp³-hybridized carbons (Fsp3) is 0.640. The predicted molar refractivity (Wildman–Crippen MR) is 137 cm³/mol. The third-order valence-electron chi connectivity index (χ3n) is 5.20. The van der Waals surface area contributed by atoms with E-state index < -0.39 is 22.9 Å². The molecule has 0 heterocycles. The number of carbonyl (C=O) groups excluding carboxylic acids is 1. The lowest BCUT2D eigenvalue weighted by Gasteiger charge is -2.22. The monoisotopic (exact) mass is 514 g/mol. The van der Waals surface area contributed by atoms with Crippen molar-refractivity contribution in [3.05, 3.63) is 40.6 Å². The van der Waals surface area contributed by atoms with E-state index in [4.69, 9.17) is 25.8 Å². The van der Waals surface area contributed by atoms with Crippen molar-refractivity contribution in [2.24, 2.45) is 0 Å². The van der Waals surface area contributed by atoms with E-state index in [-0.39, 0.29) is 5.60 Å². The van der Waals surface area contributed by atoms with Crippen molar-refractivity contribution in [2.45, 2.75) is 69.7 Å². The van der Waals surface area contributed by atoms with Gasteiger partial charge in [-0.15, -0.1) is 0 Å². The van der Waals surface area contributed by atoms with Crippen molar-refractivity contribution in [1.29, 1.82) is 0 Å². The maximum atomic E-state index is 12.7. The molecule has 192 valence electrons. The first-order valence-corrected chi connectivity index (χ1v) is 13.4. The maximum absolute atomic E-state index is 12.7. The van der Waals surface area contributed by atoms with E-state index in [9.17, 15) is 9.35 Å². The summed E-state index contributed by atoms with van der Waals surface area (Å²) in [6.45, 7) is 8.90. The van der Waals surface area contributed by atoms with Gasteiger partial charge in [-0.05, 0) is 68.9 Å². The normalized spacial score (nSPS) is 16.2. The molecule has 0 spiro atoms. The first-order valence-electron chi connectivity index (χ1n) is 11.7. The number of halogens is 1. The number of hydrogen-bond donors (Lipinski definition) is 1. The molecule has 1 atom stereocenters. The molecule has 1 aromatic rings. The number of hydrogen-bond acceptors (Lipinski definition) is 6. The summed E-state index contributed by atoms with van der Waals surface area (Å²) < 4.78 is 29.7. The third kappa shape index (κ3) is 9.66. The predicted octanol–water partition coefficient (Wildman–Crippen LogP) is 4.89. The lowest BCUT2D eigenvalue weighted by atomic mass is 10.1. The Morgan fingerprint density at radius 1 is 1.29 bits per heavy atom. The summed E-state index contributed by atoms with van der Waals surface area (Å²) in [6.07, 6.45) is 4.60. The average Bonchev–Trinajstić information content (AvgIpc) is 3.53. The van der Waals surface area contributed by atoms with Crippen molar-refractivity contribution in [1.82, 2.24) is 10.2 Å². The second kappa shape index (κ2) is 13.0. The Labute approximate surface area is 212 Å². The molecule has 1 fully saturated rings. The third-order valence-corrected chi connectivity index (χ3v) is 6.88. The lowest BCUT2D eigenvalue weighted by molar-refractivity contribution is 0.0427. The summed E-state index contributed by atoms with van der Waals surface area (Å²) in [4.78, 5) is 14.3. The van der Waals surface area contributed by atoms with E-state index in [1.807, 2.05) is 20.2 Å². The quantitative estimate of drug-likeness (QED) is 0.298. The Kier molecular flexibility index (Phi) is 11.0. The van der Waals surface area contributed by atoms with Gasteiger partial charge in [0.15, 0.2) is 4.90 Å². The number of rotatable bonds is 13. The Balaban J connectivity index is 1.80. The number of ether oxygens (including phenoxy) is 3. The van der Waals surface area contributed by atoms with Gasteiger partial charge in [0.05, 0.1) is 25.4 Å². The van der Waals surface area contributed by atoms with Crippen LogP contribution in [0.5, 0.6) is 0 Å². The van der Waals surface area contributed by atoms with Gasteiger partial charge in [0.25, 0.3) is 0 Å². The summed E-state index contributed by atoms with van der Waals surface area (Å²) in [6, 6.07) is 5.41. The molecule has 7 nitrogen and oxygen atoms in total. The van der Waals surface area contributed by atoms with Crippen LogP contribution in [0.2, 0.25) is 5.02 Å². The topological polar surface area (TPSA) is 83.1 Å². The number of benzene rings is 1. The maximum Gasteiger partial charge on any atom is 0.407 e.